The highest BCUT2D eigenvalue weighted by atomic mass is 79.9. The molecule has 22 heavy (non-hydrogen) atoms. The summed E-state index contributed by atoms with van der Waals surface area (Å²) in [6, 6.07) is 7.68. The minimum absolute atomic E-state index is 0. The fraction of sp³-hybridized carbons (Fsp3) is 0.312. The van der Waals surface area contributed by atoms with Gasteiger partial charge in [-0.25, -0.2) is 0 Å². The van der Waals surface area contributed by atoms with Crippen molar-refractivity contribution in [2.24, 2.45) is 0 Å². The van der Waals surface area contributed by atoms with Crippen molar-refractivity contribution in [2.75, 3.05) is 17.2 Å². The number of carbonyl (C=O) groups excluding carboxylic acids is 1. The number of nitrogens with two attached hydrogens (primary N) is 1. The Morgan fingerprint density at radius 2 is 2.18 bits per heavy atom. The molecule has 4 nitrogen and oxygen atoms in total. The number of benzene rings is 1. The molecule has 6 heteroatoms. The number of rotatable bonds is 2. The lowest BCUT2D eigenvalue weighted by atomic mass is 9.99. The molecular formula is C16H19BrClN3O. The number of amides is 1. The van der Waals surface area contributed by atoms with Crippen molar-refractivity contribution in [1.82, 2.24) is 4.57 Å². The number of hydrogen-bond donors (Lipinski definition) is 1. The van der Waals surface area contributed by atoms with Gasteiger partial charge in [0.2, 0.25) is 0 Å². The van der Waals surface area contributed by atoms with Crippen LogP contribution in [0.15, 0.2) is 34.9 Å². The zero-order valence-electron chi connectivity index (χ0n) is 12.4. The van der Waals surface area contributed by atoms with E-state index in [-0.39, 0.29) is 18.3 Å². The molecule has 2 aromatic rings. The highest BCUT2D eigenvalue weighted by Gasteiger charge is 2.26. The Hall–Kier alpha value is -1.46. The fourth-order valence-electron chi connectivity index (χ4n) is 2.92. The summed E-state index contributed by atoms with van der Waals surface area (Å²) >= 11 is 3.45. The van der Waals surface area contributed by atoms with Gasteiger partial charge in [-0.05, 0) is 59.5 Å². The Labute approximate surface area is 144 Å². The summed E-state index contributed by atoms with van der Waals surface area (Å²) in [5, 5.41) is 0. The average molecular weight is 385 g/mol. The molecule has 2 N–H and O–H groups in total. The molecule has 1 aliphatic rings. The van der Waals surface area contributed by atoms with Crippen molar-refractivity contribution in [3.8, 4) is 0 Å². The molecule has 0 aliphatic carbocycles. The van der Waals surface area contributed by atoms with E-state index >= 15 is 0 Å². The maximum absolute atomic E-state index is 12.9. The first-order chi connectivity index (χ1) is 10.1. The predicted molar refractivity (Wildman–Crippen MR) is 95.9 cm³/mol. The summed E-state index contributed by atoms with van der Waals surface area (Å²) in [5.74, 6) is 0.0362. The monoisotopic (exact) mass is 383 g/mol. The lowest BCUT2D eigenvalue weighted by Crippen LogP contribution is -2.36. The number of halogens is 2. The van der Waals surface area contributed by atoms with Crippen LogP contribution in [0.1, 0.15) is 29.4 Å². The van der Waals surface area contributed by atoms with Crippen LogP contribution in [0.5, 0.6) is 0 Å². The first-order valence-corrected chi connectivity index (χ1v) is 7.96. The first-order valence-electron chi connectivity index (χ1n) is 7.16. The van der Waals surface area contributed by atoms with Crippen molar-refractivity contribution in [2.45, 2.75) is 26.3 Å². The van der Waals surface area contributed by atoms with E-state index in [1.54, 1.807) is 0 Å². The zero-order valence-corrected chi connectivity index (χ0v) is 14.8. The summed E-state index contributed by atoms with van der Waals surface area (Å²) in [4.78, 5) is 14.8. The van der Waals surface area contributed by atoms with Gasteiger partial charge in [0.25, 0.3) is 5.91 Å². The van der Waals surface area contributed by atoms with Crippen LogP contribution >= 0.6 is 28.3 Å². The molecule has 118 valence electrons. The number of fused-ring (bicyclic) bond motifs is 1. The Morgan fingerprint density at radius 3 is 2.91 bits per heavy atom. The number of nitrogens with zero attached hydrogens (tertiary/aromatic N) is 2. The van der Waals surface area contributed by atoms with Crippen molar-refractivity contribution in [3.05, 3.63) is 46.2 Å². The number of hydrogen-bond acceptors (Lipinski definition) is 2. The maximum atomic E-state index is 12.9. The Morgan fingerprint density at radius 1 is 1.41 bits per heavy atom. The second-order valence-electron chi connectivity index (χ2n) is 5.23. The highest BCUT2D eigenvalue weighted by Crippen LogP contribution is 2.32. The van der Waals surface area contributed by atoms with Crippen LogP contribution in [-0.2, 0) is 13.0 Å². The lowest BCUT2D eigenvalue weighted by molar-refractivity contribution is 0.0976. The minimum atomic E-state index is 0. The molecule has 0 saturated heterocycles. The molecule has 1 aliphatic heterocycles. The summed E-state index contributed by atoms with van der Waals surface area (Å²) in [5.41, 5.74) is 9.57. The molecule has 3 rings (SSSR count). The van der Waals surface area contributed by atoms with Crippen LogP contribution in [0, 0.1) is 0 Å². The van der Waals surface area contributed by atoms with Crippen LogP contribution in [0.2, 0.25) is 0 Å². The van der Waals surface area contributed by atoms with E-state index in [0.29, 0.717) is 5.69 Å². The molecule has 1 aromatic heterocycles. The van der Waals surface area contributed by atoms with E-state index in [9.17, 15) is 4.79 Å². The topological polar surface area (TPSA) is 51.3 Å². The molecule has 0 saturated carbocycles. The van der Waals surface area contributed by atoms with Gasteiger partial charge in [0.1, 0.15) is 5.69 Å². The summed E-state index contributed by atoms with van der Waals surface area (Å²) < 4.78 is 2.89. The van der Waals surface area contributed by atoms with E-state index in [1.165, 1.54) is 0 Å². The van der Waals surface area contributed by atoms with Gasteiger partial charge in [-0.15, -0.1) is 12.4 Å². The van der Waals surface area contributed by atoms with E-state index in [2.05, 4.69) is 15.9 Å². The Kier molecular flexibility index (Phi) is 5.19. The van der Waals surface area contributed by atoms with E-state index in [4.69, 9.17) is 5.73 Å². The van der Waals surface area contributed by atoms with Crippen LogP contribution in [0.3, 0.4) is 0 Å². The SMILES string of the molecule is CCn1cc(Br)cc1C(=O)N1CCCc2c(N)cccc21.Cl. The average Bonchev–Trinajstić information content (AvgIpc) is 2.87. The van der Waals surface area contributed by atoms with Gasteiger partial charge in [0.15, 0.2) is 0 Å². The smallest absolute Gasteiger partial charge is 0.274 e. The van der Waals surface area contributed by atoms with Crippen molar-refractivity contribution in [3.63, 3.8) is 0 Å². The Balaban J connectivity index is 0.00000176. The molecule has 0 fully saturated rings. The molecule has 0 spiro atoms. The Bertz CT molecular complexity index is 699. The third-order valence-electron chi connectivity index (χ3n) is 3.95. The fourth-order valence-corrected chi connectivity index (χ4v) is 3.38. The largest absolute Gasteiger partial charge is 0.398 e. The van der Waals surface area contributed by atoms with Gasteiger partial charge in [0.05, 0.1) is 0 Å². The van der Waals surface area contributed by atoms with Gasteiger partial charge < -0.3 is 15.2 Å². The van der Waals surface area contributed by atoms with Gasteiger partial charge in [0, 0.05) is 35.1 Å². The predicted octanol–water partition coefficient (Wildman–Crippen LogP) is 3.87. The number of carbonyl (C=O) groups is 1. The van der Waals surface area contributed by atoms with Crippen LogP contribution in [0.25, 0.3) is 0 Å². The van der Waals surface area contributed by atoms with Crippen molar-refractivity contribution in [1.29, 1.82) is 0 Å². The van der Waals surface area contributed by atoms with Crippen molar-refractivity contribution >= 4 is 45.6 Å². The van der Waals surface area contributed by atoms with E-state index in [0.717, 1.165) is 47.3 Å². The quantitative estimate of drug-likeness (QED) is 0.799. The summed E-state index contributed by atoms with van der Waals surface area (Å²) in [6.45, 7) is 3.54. The maximum Gasteiger partial charge on any atom is 0.274 e. The van der Waals surface area contributed by atoms with Gasteiger partial charge in [-0.3, -0.25) is 4.79 Å². The van der Waals surface area contributed by atoms with Crippen LogP contribution in [0.4, 0.5) is 11.4 Å². The second kappa shape index (κ2) is 6.75. The lowest BCUT2D eigenvalue weighted by Gasteiger charge is -2.30. The molecule has 0 bridgehead atoms. The second-order valence-corrected chi connectivity index (χ2v) is 6.15. The third kappa shape index (κ3) is 2.88. The molecule has 1 aromatic carbocycles. The number of anilines is 2. The highest BCUT2D eigenvalue weighted by molar-refractivity contribution is 9.10. The first kappa shape index (κ1) is 16.9. The molecule has 0 unspecified atom stereocenters. The van der Waals surface area contributed by atoms with E-state index in [1.807, 2.05) is 46.9 Å². The van der Waals surface area contributed by atoms with Gasteiger partial charge in [-0.1, -0.05) is 6.07 Å². The number of aryl methyl sites for hydroxylation is 1. The van der Waals surface area contributed by atoms with Gasteiger partial charge >= 0.3 is 0 Å². The molecule has 0 atom stereocenters. The van der Waals surface area contributed by atoms with Crippen molar-refractivity contribution < 1.29 is 4.79 Å². The molecule has 0 radical (unpaired) electrons. The minimum Gasteiger partial charge on any atom is -0.398 e. The molecule has 1 amide bonds. The standard InChI is InChI=1S/C16H18BrN3O.ClH/c1-2-19-10-11(17)9-15(19)16(21)20-8-4-5-12-13(18)6-3-7-14(12)20;/h3,6-7,9-10H,2,4-5,8,18H2,1H3;1H. The molecular weight excluding hydrogens is 366 g/mol. The van der Waals surface area contributed by atoms with Gasteiger partial charge in [-0.2, -0.15) is 0 Å². The summed E-state index contributed by atoms with van der Waals surface area (Å²) in [6.07, 6.45) is 3.82. The zero-order chi connectivity index (χ0) is 15.0. The molecule has 2 heterocycles. The summed E-state index contributed by atoms with van der Waals surface area (Å²) in [7, 11) is 0. The third-order valence-corrected chi connectivity index (χ3v) is 4.39. The normalized spacial score (nSPS) is 13.5. The van der Waals surface area contributed by atoms with Crippen LogP contribution in [-0.4, -0.2) is 17.0 Å². The van der Waals surface area contributed by atoms with Crippen LogP contribution < -0.4 is 10.6 Å². The number of aromatic nitrogens is 1. The van der Waals surface area contributed by atoms with E-state index < -0.39 is 0 Å². The number of nitrogen functional groups attached to an aromatic ring is 1.